The number of Topliss-reactive ketones (excluding diaryl/α,β-unsaturated/α-hetero) is 1. The minimum Gasteiger partial charge on any atom is -0.326 e. The molecule has 1 aliphatic rings. The lowest BCUT2D eigenvalue weighted by Crippen LogP contribution is -2.06. The molecule has 116 valence electrons. The molecule has 1 aromatic carbocycles. The van der Waals surface area contributed by atoms with Gasteiger partial charge in [0.25, 0.3) is 0 Å². The summed E-state index contributed by atoms with van der Waals surface area (Å²) < 4.78 is 1.81. The quantitative estimate of drug-likeness (QED) is 0.785. The van der Waals surface area contributed by atoms with E-state index in [0.29, 0.717) is 18.8 Å². The van der Waals surface area contributed by atoms with E-state index < -0.39 is 0 Å². The lowest BCUT2D eigenvalue weighted by Gasteiger charge is -2.05. The molecule has 2 aromatic heterocycles. The van der Waals surface area contributed by atoms with Crippen LogP contribution in [0.25, 0.3) is 16.9 Å². The van der Waals surface area contributed by atoms with Gasteiger partial charge in [-0.25, -0.2) is 9.50 Å². The van der Waals surface area contributed by atoms with Gasteiger partial charge in [-0.15, -0.1) is 0 Å². The number of ketones is 1. The van der Waals surface area contributed by atoms with E-state index in [0.717, 1.165) is 35.3 Å². The van der Waals surface area contributed by atoms with E-state index in [1.54, 1.807) is 0 Å². The van der Waals surface area contributed by atoms with Crippen LogP contribution in [0.3, 0.4) is 0 Å². The lowest BCUT2D eigenvalue weighted by molar-refractivity contribution is -0.119. The second-order valence-corrected chi connectivity index (χ2v) is 6.03. The summed E-state index contributed by atoms with van der Waals surface area (Å²) in [7, 11) is 0. The third-order valence-corrected chi connectivity index (χ3v) is 4.25. The molecule has 1 aliphatic carbocycles. The number of aromatic nitrogens is 3. The van der Waals surface area contributed by atoms with Gasteiger partial charge in [0, 0.05) is 18.0 Å². The minimum absolute atomic E-state index is 0.241. The van der Waals surface area contributed by atoms with Crippen LogP contribution < -0.4 is 5.73 Å². The highest BCUT2D eigenvalue weighted by Gasteiger charge is 2.30. The van der Waals surface area contributed by atoms with Crippen LogP contribution in [0.4, 0.5) is 0 Å². The molecule has 1 fully saturated rings. The van der Waals surface area contributed by atoms with Crippen LogP contribution >= 0.6 is 0 Å². The third-order valence-electron chi connectivity index (χ3n) is 4.25. The summed E-state index contributed by atoms with van der Waals surface area (Å²) >= 11 is 0. The van der Waals surface area contributed by atoms with Gasteiger partial charge in [0.15, 0.2) is 11.5 Å². The first-order valence-corrected chi connectivity index (χ1v) is 7.91. The van der Waals surface area contributed by atoms with Crippen molar-refractivity contribution in [3.8, 4) is 11.3 Å². The van der Waals surface area contributed by atoms with Crippen molar-refractivity contribution < 1.29 is 4.79 Å². The van der Waals surface area contributed by atoms with Gasteiger partial charge in [-0.05, 0) is 30.5 Å². The molecular formula is C18H18N4O. The van der Waals surface area contributed by atoms with E-state index in [1.807, 2.05) is 47.0 Å². The molecule has 4 rings (SSSR count). The molecule has 0 saturated heterocycles. The second kappa shape index (κ2) is 5.59. The van der Waals surface area contributed by atoms with Crippen molar-refractivity contribution in [1.82, 2.24) is 14.6 Å². The number of hydrogen-bond donors (Lipinski definition) is 1. The minimum atomic E-state index is 0.241. The van der Waals surface area contributed by atoms with Crippen LogP contribution in [0, 0.1) is 5.92 Å². The van der Waals surface area contributed by atoms with Crippen molar-refractivity contribution in [1.29, 1.82) is 0 Å². The summed E-state index contributed by atoms with van der Waals surface area (Å²) in [5, 5.41) is 4.54. The average Bonchev–Trinajstić information content (AvgIpc) is 3.35. The Morgan fingerprint density at radius 3 is 2.65 bits per heavy atom. The number of carbonyl (C=O) groups is 1. The van der Waals surface area contributed by atoms with Crippen molar-refractivity contribution in [2.75, 3.05) is 0 Å². The summed E-state index contributed by atoms with van der Waals surface area (Å²) in [5.41, 5.74) is 9.52. The molecule has 2 N–H and O–H groups in total. The van der Waals surface area contributed by atoms with Gasteiger partial charge < -0.3 is 5.73 Å². The van der Waals surface area contributed by atoms with Gasteiger partial charge in [0.05, 0.1) is 12.1 Å². The zero-order valence-corrected chi connectivity index (χ0v) is 12.8. The molecule has 0 unspecified atom stereocenters. The van der Waals surface area contributed by atoms with Crippen LogP contribution in [0.2, 0.25) is 0 Å². The van der Waals surface area contributed by atoms with Crippen molar-refractivity contribution in [3.05, 3.63) is 53.9 Å². The van der Waals surface area contributed by atoms with E-state index in [-0.39, 0.29) is 11.7 Å². The number of carbonyl (C=O) groups excluding carboxylic acids is 1. The fourth-order valence-electron chi connectivity index (χ4n) is 2.76. The summed E-state index contributed by atoms with van der Waals surface area (Å²) in [6.07, 6.45) is 2.37. The fraction of sp³-hybridized carbons (Fsp3) is 0.278. The Labute approximate surface area is 134 Å². The van der Waals surface area contributed by atoms with Crippen LogP contribution in [-0.4, -0.2) is 20.4 Å². The molecule has 23 heavy (non-hydrogen) atoms. The van der Waals surface area contributed by atoms with Gasteiger partial charge >= 0.3 is 0 Å². The van der Waals surface area contributed by atoms with Gasteiger partial charge in [-0.1, -0.05) is 30.3 Å². The zero-order chi connectivity index (χ0) is 15.8. The molecule has 5 nitrogen and oxygen atoms in total. The maximum Gasteiger partial charge on any atom is 0.159 e. The predicted molar refractivity (Wildman–Crippen MR) is 87.7 cm³/mol. The zero-order valence-electron chi connectivity index (χ0n) is 12.8. The number of pyridine rings is 1. The second-order valence-electron chi connectivity index (χ2n) is 6.03. The molecule has 0 radical (unpaired) electrons. The van der Waals surface area contributed by atoms with Gasteiger partial charge in [0.1, 0.15) is 5.78 Å². The third kappa shape index (κ3) is 2.75. The van der Waals surface area contributed by atoms with Crippen molar-refractivity contribution in [3.63, 3.8) is 0 Å². The number of nitrogens with two attached hydrogens (primary N) is 1. The molecule has 0 spiro atoms. The van der Waals surface area contributed by atoms with E-state index >= 15 is 0 Å². The lowest BCUT2D eigenvalue weighted by atomic mass is 10.1. The van der Waals surface area contributed by atoms with E-state index in [2.05, 4.69) is 10.1 Å². The average molecular weight is 306 g/mol. The highest BCUT2D eigenvalue weighted by molar-refractivity contribution is 5.84. The monoisotopic (exact) mass is 306 g/mol. The summed E-state index contributed by atoms with van der Waals surface area (Å²) in [5.74, 6) is 1.10. The normalized spacial score (nSPS) is 14.3. The largest absolute Gasteiger partial charge is 0.326 e. The molecule has 3 aromatic rings. The standard InChI is InChI=1S/C18H18N4O/c19-11-12-4-6-13(7-5-12)15-2-1-3-18-20-17(21-22(15)18)10-16(23)14-8-9-14/h1-7,14H,8-11,19H2. The Balaban J connectivity index is 1.71. The molecule has 5 heteroatoms. The summed E-state index contributed by atoms with van der Waals surface area (Å²) in [4.78, 5) is 16.5. The molecule has 0 amide bonds. The maximum atomic E-state index is 12.0. The number of rotatable bonds is 5. The van der Waals surface area contributed by atoms with E-state index in [4.69, 9.17) is 5.73 Å². The van der Waals surface area contributed by atoms with Gasteiger partial charge in [-0.3, -0.25) is 4.79 Å². The summed E-state index contributed by atoms with van der Waals surface area (Å²) in [6, 6.07) is 14.0. The number of benzene rings is 1. The topological polar surface area (TPSA) is 73.3 Å². The summed E-state index contributed by atoms with van der Waals surface area (Å²) in [6.45, 7) is 0.529. The smallest absolute Gasteiger partial charge is 0.159 e. The molecule has 0 atom stereocenters. The molecular weight excluding hydrogens is 288 g/mol. The Bertz CT molecular complexity index is 862. The predicted octanol–water partition coefficient (Wildman–Crippen LogP) is 2.38. The highest BCUT2D eigenvalue weighted by Crippen LogP contribution is 2.30. The first-order valence-electron chi connectivity index (χ1n) is 7.91. The van der Waals surface area contributed by atoms with Crippen molar-refractivity contribution in [2.45, 2.75) is 25.8 Å². The Morgan fingerprint density at radius 2 is 1.96 bits per heavy atom. The molecule has 0 bridgehead atoms. The Kier molecular flexibility index (Phi) is 3.42. The van der Waals surface area contributed by atoms with Crippen LogP contribution in [0.1, 0.15) is 24.2 Å². The SMILES string of the molecule is NCc1ccc(-c2cccc3nc(CC(=O)C4CC4)nn23)cc1. The van der Waals surface area contributed by atoms with Crippen molar-refractivity contribution >= 4 is 11.4 Å². The van der Waals surface area contributed by atoms with E-state index in [9.17, 15) is 4.79 Å². The first kappa shape index (κ1) is 14.1. The highest BCUT2D eigenvalue weighted by atomic mass is 16.1. The Hall–Kier alpha value is -2.53. The van der Waals surface area contributed by atoms with Crippen LogP contribution in [-0.2, 0) is 17.8 Å². The number of nitrogens with zero attached hydrogens (tertiary/aromatic N) is 3. The molecule has 1 saturated carbocycles. The van der Waals surface area contributed by atoms with E-state index in [1.165, 1.54) is 0 Å². The first-order chi connectivity index (χ1) is 11.2. The molecule has 0 aliphatic heterocycles. The number of fused-ring (bicyclic) bond motifs is 1. The Morgan fingerprint density at radius 1 is 1.17 bits per heavy atom. The maximum absolute atomic E-state index is 12.0. The van der Waals surface area contributed by atoms with Crippen molar-refractivity contribution in [2.24, 2.45) is 11.7 Å². The van der Waals surface area contributed by atoms with Crippen LogP contribution in [0.15, 0.2) is 42.5 Å². The fourth-order valence-corrected chi connectivity index (χ4v) is 2.76. The van der Waals surface area contributed by atoms with Gasteiger partial charge in [0.2, 0.25) is 0 Å². The molecule has 2 heterocycles. The van der Waals surface area contributed by atoms with Gasteiger partial charge in [-0.2, -0.15) is 5.10 Å². The number of hydrogen-bond acceptors (Lipinski definition) is 4. The van der Waals surface area contributed by atoms with Crippen LogP contribution in [0.5, 0.6) is 0 Å².